The second-order valence-electron chi connectivity index (χ2n) is 3.86. The Balaban J connectivity index is 2.33. The van der Waals surface area contributed by atoms with E-state index in [-0.39, 0.29) is 0 Å². The van der Waals surface area contributed by atoms with E-state index in [2.05, 4.69) is 10.4 Å². The number of hydrazine groups is 1. The first-order valence-electron chi connectivity index (χ1n) is 5.48. The normalized spacial score (nSPS) is 20.6. The summed E-state index contributed by atoms with van der Waals surface area (Å²) in [6.45, 7) is 3.97. The lowest BCUT2D eigenvalue weighted by Gasteiger charge is -2.29. The molecule has 0 aliphatic carbocycles. The summed E-state index contributed by atoms with van der Waals surface area (Å²) in [7, 11) is 0. The van der Waals surface area contributed by atoms with E-state index >= 15 is 0 Å². The average molecular weight is 200 g/mol. The maximum Gasteiger partial charge on any atom is 0.322 e. The Kier molecular flexibility index (Phi) is 4.90. The van der Waals surface area contributed by atoms with E-state index in [9.17, 15) is 4.79 Å². The number of nitrogens with zero attached hydrogens (tertiary/aromatic N) is 1. The van der Waals surface area contributed by atoms with Crippen LogP contribution < -0.4 is 5.43 Å². The van der Waals surface area contributed by atoms with Gasteiger partial charge in [0, 0.05) is 13.1 Å². The van der Waals surface area contributed by atoms with Crippen molar-refractivity contribution >= 4 is 5.97 Å². The van der Waals surface area contributed by atoms with Crippen molar-refractivity contribution in [1.82, 2.24) is 10.4 Å². The van der Waals surface area contributed by atoms with Crippen molar-refractivity contribution in [2.75, 3.05) is 13.1 Å². The molecule has 4 nitrogen and oxygen atoms in total. The minimum Gasteiger partial charge on any atom is -0.480 e. The lowest BCUT2D eigenvalue weighted by molar-refractivity contribution is -0.141. The van der Waals surface area contributed by atoms with Gasteiger partial charge in [-0.3, -0.25) is 4.79 Å². The molecule has 0 aromatic heterocycles. The van der Waals surface area contributed by atoms with Gasteiger partial charge in [-0.1, -0.05) is 19.8 Å². The van der Waals surface area contributed by atoms with Crippen LogP contribution in [0.4, 0.5) is 0 Å². The number of hydrogen-bond acceptors (Lipinski definition) is 3. The van der Waals surface area contributed by atoms with Crippen molar-refractivity contribution < 1.29 is 9.90 Å². The van der Waals surface area contributed by atoms with Crippen LogP contribution in [0.2, 0.25) is 0 Å². The first kappa shape index (κ1) is 11.5. The lowest BCUT2D eigenvalue weighted by Crippen LogP contribution is -2.50. The van der Waals surface area contributed by atoms with Crippen LogP contribution in [0.3, 0.4) is 0 Å². The quantitative estimate of drug-likeness (QED) is 0.701. The average Bonchev–Trinajstić information content (AvgIpc) is 2.18. The van der Waals surface area contributed by atoms with E-state index in [0.717, 1.165) is 19.5 Å². The van der Waals surface area contributed by atoms with Crippen molar-refractivity contribution in [1.29, 1.82) is 0 Å². The molecular formula is C10H20N2O2. The molecule has 0 aromatic rings. The fraction of sp³-hybridized carbons (Fsp3) is 0.900. The van der Waals surface area contributed by atoms with Gasteiger partial charge in [-0.05, 0) is 19.3 Å². The first-order chi connectivity index (χ1) is 6.74. The highest BCUT2D eigenvalue weighted by molar-refractivity contribution is 5.73. The third-order valence-electron chi connectivity index (χ3n) is 2.57. The number of carbonyl (C=O) groups is 1. The van der Waals surface area contributed by atoms with Gasteiger partial charge in [0.15, 0.2) is 0 Å². The third-order valence-corrected chi connectivity index (χ3v) is 2.57. The maximum atomic E-state index is 10.9. The molecule has 14 heavy (non-hydrogen) atoms. The van der Waals surface area contributed by atoms with E-state index in [0.29, 0.717) is 6.42 Å². The van der Waals surface area contributed by atoms with Crippen molar-refractivity contribution in [3.05, 3.63) is 0 Å². The van der Waals surface area contributed by atoms with Crippen LogP contribution >= 0.6 is 0 Å². The molecule has 1 aliphatic heterocycles. The van der Waals surface area contributed by atoms with E-state index in [1.807, 2.05) is 6.92 Å². The Morgan fingerprint density at radius 1 is 1.43 bits per heavy atom. The van der Waals surface area contributed by atoms with E-state index in [1.54, 1.807) is 0 Å². The van der Waals surface area contributed by atoms with Crippen LogP contribution in [-0.2, 0) is 4.79 Å². The molecule has 1 fully saturated rings. The number of nitrogens with one attached hydrogen (secondary N) is 1. The number of rotatable bonds is 5. The smallest absolute Gasteiger partial charge is 0.322 e. The van der Waals surface area contributed by atoms with Gasteiger partial charge in [-0.25, -0.2) is 10.4 Å². The Hall–Kier alpha value is -0.610. The summed E-state index contributed by atoms with van der Waals surface area (Å²) in [5.74, 6) is -0.738. The topological polar surface area (TPSA) is 52.6 Å². The van der Waals surface area contributed by atoms with E-state index < -0.39 is 12.0 Å². The fourth-order valence-electron chi connectivity index (χ4n) is 1.78. The molecule has 0 amide bonds. The van der Waals surface area contributed by atoms with Crippen molar-refractivity contribution in [2.24, 2.45) is 0 Å². The molecule has 1 rings (SSSR count). The minimum absolute atomic E-state index is 0.405. The summed E-state index contributed by atoms with van der Waals surface area (Å²) >= 11 is 0. The molecule has 1 aliphatic rings. The van der Waals surface area contributed by atoms with Crippen molar-refractivity contribution in [2.45, 2.75) is 45.1 Å². The van der Waals surface area contributed by atoms with Crippen molar-refractivity contribution in [3.8, 4) is 0 Å². The van der Waals surface area contributed by atoms with Crippen LogP contribution in [0.25, 0.3) is 0 Å². The third kappa shape index (κ3) is 3.64. The maximum absolute atomic E-state index is 10.9. The first-order valence-corrected chi connectivity index (χ1v) is 5.48. The number of carboxylic acids is 1. The predicted molar refractivity (Wildman–Crippen MR) is 54.9 cm³/mol. The van der Waals surface area contributed by atoms with Crippen LogP contribution in [0.15, 0.2) is 0 Å². The number of carboxylic acid groups (broad SMARTS) is 1. The van der Waals surface area contributed by atoms with Gasteiger partial charge in [0.25, 0.3) is 0 Å². The fourth-order valence-corrected chi connectivity index (χ4v) is 1.78. The Morgan fingerprint density at radius 3 is 2.57 bits per heavy atom. The molecule has 1 heterocycles. The molecule has 1 atom stereocenters. The van der Waals surface area contributed by atoms with Gasteiger partial charge < -0.3 is 5.11 Å². The molecule has 4 heteroatoms. The highest BCUT2D eigenvalue weighted by Crippen LogP contribution is 2.07. The van der Waals surface area contributed by atoms with E-state index in [4.69, 9.17) is 5.11 Å². The minimum atomic E-state index is -0.738. The summed E-state index contributed by atoms with van der Waals surface area (Å²) in [6, 6.07) is -0.405. The van der Waals surface area contributed by atoms with Gasteiger partial charge in [0.05, 0.1) is 0 Å². The molecule has 0 radical (unpaired) electrons. The molecule has 2 N–H and O–H groups in total. The highest BCUT2D eigenvalue weighted by atomic mass is 16.4. The summed E-state index contributed by atoms with van der Waals surface area (Å²) in [6.07, 6.45) is 5.21. The van der Waals surface area contributed by atoms with Gasteiger partial charge in [-0.2, -0.15) is 0 Å². The molecule has 0 bridgehead atoms. The van der Waals surface area contributed by atoms with Gasteiger partial charge in [0.1, 0.15) is 6.04 Å². The SMILES string of the molecule is CCCC(NN1CCCCC1)C(=O)O. The van der Waals surface area contributed by atoms with Crippen LogP contribution in [0.5, 0.6) is 0 Å². The highest BCUT2D eigenvalue weighted by Gasteiger charge is 2.20. The molecule has 82 valence electrons. The van der Waals surface area contributed by atoms with E-state index in [1.165, 1.54) is 19.3 Å². The van der Waals surface area contributed by atoms with Crippen molar-refractivity contribution in [3.63, 3.8) is 0 Å². The summed E-state index contributed by atoms with van der Waals surface area (Å²) in [4.78, 5) is 10.9. The zero-order valence-corrected chi connectivity index (χ0v) is 8.83. The Labute approximate surface area is 85.3 Å². The second kappa shape index (κ2) is 5.98. The largest absolute Gasteiger partial charge is 0.480 e. The molecule has 0 saturated carbocycles. The van der Waals surface area contributed by atoms with Gasteiger partial charge in [-0.15, -0.1) is 0 Å². The molecule has 0 aromatic carbocycles. The Morgan fingerprint density at radius 2 is 2.07 bits per heavy atom. The Bertz CT molecular complexity index is 179. The number of piperidine rings is 1. The van der Waals surface area contributed by atoms with Gasteiger partial charge >= 0.3 is 5.97 Å². The zero-order valence-electron chi connectivity index (χ0n) is 8.83. The summed E-state index contributed by atoms with van der Waals surface area (Å²) in [5.41, 5.74) is 3.09. The number of hydrogen-bond donors (Lipinski definition) is 2. The molecule has 1 unspecified atom stereocenters. The number of aliphatic carboxylic acids is 1. The zero-order chi connectivity index (χ0) is 10.4. The molecular weight excluding hydrogens is 180 g/mol. The molecule has 1 saturated heterocycles. The van der Waals surface area contributed by atoms with Gasteiger partial charge in [0.2, 0.25) is 0 Å². The molecule has 0 spiro atoms. The van der Waals surface area contributed by atoms with Crippen LogP contribution in [-0.4, -0.2) is 35.2 Å². The van der Waals surface area contributed by atoms with Crippen LogP contribution in [0, 0.1) is 0 Å². The predicted octanol–water partition coefficient (Wildman–Crippen LogP) is 1.23. The standard InChI is InChI=1S/C10H20N2O2/c1-2-6-9(10(13)14)11-12-7-4-3-5-8-12/h9,11H,2-8H2,1H3,(H,13,14). The summed E-state index contributed by atoms with van der Waals surface area (Å²) in [5, 5.41) is 11.0. The summed E-state index contributed by atoms with van der Waals surface area (Å²) < 4.78 is 0. The lowest BCUT2D eigenvalue weighted by atomic mass is 10.1. The van der Waals surface area contributed by atoms with Crippen LogP contribution in [0.1, 0.15) is 39.0 Å². The second-order valence-corrected chi connectivity index (χ2v) is 3.86. The monoisotopic (exact) mass is 200 g/mol.